The van der Waals surface area contributed by atoms with E-state index in [2.05, 4.69) is 25.2 Å². The van der Waals surface area contributed by atoms with Crippen LogP contribution in [0.2, 0.25) is 0 Å². The molecule has 2 aromatic heterocycles. The van der Waals surface area contributed by atoms with Crippen LogP contribution in [-0.2, 0) is 6.54 Å². The zero-order chi connectivity index (χ0) is 11.9. The monoisotopic (exact) mass is 229 g/mol. The van der Waals surface area contributed by atoms with Crippen molar-refractivity contribution in [1.29, 1.82) is 0 Å². The molecule has 0 bridgehead atoms. The number of nitrogens with zero attached hydrogens (tertiary/aromatic N) is 5. The predicted octanol–water partition coefficient (Wildman–Crippen LogP) is 2.16. The minimum absolute atomic E-state index is 0.359. The highest BCUT2D eigenvalue weighted by molar-refractivity contribution is 5.37. The van der Waals surface area contributed by atoms with Gasteiger partial charge in [0.2, 0.25) is 5.82 Å². The van der Waals surface area contributed by atoms with E-state index in [1.165, 1.54) is 19.5 Å². The second kappa shape index (κ2) is 5.64. The smallest absolute Gasteiger partial charge is 0.261 e. The van der Waals surface area contributed by atoms with E-state index in [0.717, 1.165) is 5.69 Å². The largest absolute Gasteiger partial charge is 0.478 e. The summed E-state index contributed by atoms with van der Waals surface area (Å²) < 4.78 is 5.01. The van der Waals surface area contributed by atoms with E-state index in [1.54, 1.807) is 6.20 Å². The second-order valence-electron chi connectivity index (χ2n) is 3.11. The highest BCUT2D eigenvalue weighted by Gasteiger charge is 2.02. The summed E-state index contributed by atoms with van der Waals surface area (Å²) in [5, 5.41) is 7.96. The second-order valence-corrected chi connectivity index (χ2v) is 3.11. The zero-order valence-electron chi connectivity index (χ0n) is 9.32. The molecule has 0 radical (unpaired) electrons. The lowest BCUT2D eigenvalue weighted by Crippen LogP contribution is -1.89. The first kappa shape index (κ1) is 11.1. The summed E-state index contributed by atoms with van der Waals surface area (Å²) in [5.74, 6) is 0.725. The van der Waals surface area contributed by atoms with Gasteiger partial charge in [-0.1, -0.05) is 6.07 Å². The molecule has 0 spiro atoms. The highest BCUT2D eigenvalue weighted by atomic mass is 16.5. The summed E-state index contributed by atoms with van der Waals surface area (Å²) in [4.78, 5) is 12.1. The van der Waals surface area contributed by atoms with E-state index in [0.29, 0.717) is 18.2 Å². The number of ether oxygens (including phenoxy) is 1. The van der Waals surface area contributed by atoms with Gasteiger partial charge in [-0.05, 0) is 12.1 Å². The molecule has 0 aliphatic heterocycles. The van der Waals surface area contributed by atoms with Crippen molar-refractivity contribution < 1.29 is 4.74 Å². The molecule has 0 atom stereocenters. The van der Waals surface area contributed by atoms with Crippen LogP contribution < -0.4 is 4.74 Å². The molecule has 0 saturated heterocycles. The molecular weight excluding hydrogens is 218 g/mol. The average Bonchev–Trinajstić information content (AvgIpc) is 2.40. The molecule has 0 N–H and O–H groups in total. The maximum absolute atomic E-state index is 5.01. The normalized spacial score (nSPS) is 10.6. The first-order chi connectivity index (χ1) is 8.40. The fourth-order valence-corrected chi connectivity index (χ4v) is 1.20. The van der Waals surface area contributed by atoms with Crippen molar-refractivity contribution in [2.24, 2.45) is 10.2 Å². The molecule has 2 heterocycles. The van der Waals surface area contributed by atoms with E-state index >= 15 is 0 Å². The van der Waals surface area contributed by atoms with Crippen LogP contribution in [0.1, 0.15) is 5.69 Å². The first-order valence-corrected chi connectivity index (χ1v) is 5.02. The van der Waals surface area contributed by atoms with Crippen molar-refractivity contribution in [1.82, 2.24) is 15.0 Å². The summed E-state index contributed by atoms with van der Waals surface area (Å²) in [6, 6.07) is 5.64. The van der Waals surface area contributed by atoms with Crippen molar-refractivity contribution in [3.05, 3.63) is 42.5 Å². The van der Waals surface area contributed by atoms with Crippen molar-refractivity contribution in [3.8, 4) is 5.88 Å². The Kier molecular flexibility index (Phi) is 3.69. The minimum atomic E-state index is 0.359. The Labute approximate surface area is 98.4 Å². The fourth-order valence-electron chi connectivity index (χ4n) is 1.20. The molecule has 0 aromatic carbocycles. The van der Waals surface area contributed by atoms with Crippen LogP contribution in [0.25, 0.3) is 0 Å². The summed E-state index contributed by atoms with van der Waals surface area (Å²) in [6.07, 6.45) is 4.79. The van der Waals surface area contributed by atoms with Gasteiger partial charge in [0.05, 0.1) is 12.8 Å². The fraction of sp³-hybridized carbons (Fsp3) is 0.182. The Morgan fingerprint density at radius 2 is 2.00 bits per heavy atom. The molecule has 6 heteroatoms. The van der Waals surface area contributed by atoms with Crippen LogP contribution in [0.4, 0.5) is 5.82 Å². The molecule has 2 rings (SSSR count). The van der Waals surface area contributed by atoms with E-state index < -0.39 is 0 Å². The maximum Gasteiger partial charge on any atom is 0.261 e. The number of hydrogen-bond donors (Lipinski definition) is 0. The van der Waals surface area contributed by atoms with E-state index in [1.807, 2.05) is 18.2 Å². The quantitative estimate of drug-likeness (QED) is 0.753. The van der Waals surface area contributed by atoms with Gasteiger partial charge < -0.3 is 4.74 Å². The van der Waals surface area contributed by atoms with Crippen molar-refractivity contribution in [2.45, 2.75) is 6.54 Å². The number of azo groups is 1. The lowest BCUT2D eigenvalue weighted by Gasteiger charge is -1.99. The Bertz CT molecular complexity index is 500. The third kappa shape index (κ3) is 3.04. The molecule has 0 amide bonds. The lowest BCUT2D eigenvalue weighted by atomic mass is 10.4. The molecule has 6 nitrogen and oxygen atoms in total. The summed E-state index contributed by atoms with van der Waals surface area (Å²) in [6.45, 7) is 0.403. The predicted molar refractivity (Wildman–Crippen MR) is 61.0 cm³/mol. The summed E-state index contributed by atoms with van der Waals surface area (Å²) in [5.41, 5.74) is 0.846. The molecule has 0 saturated carbocycles. The number of pyridine rings is 1. The molecule has 0 fully saturated rings. The van der Waals surface area contributed by atoms with Crippen LogP contribution in [-0.4, -0.2) is 22.1 Å². The van der Waals surface area contributed by atoms with Gasteiger partial charge in [0.1, 0.15) is 6.54 Å². The van der Waals surface area contributed by atoms with E-state index in [-0.39, 0.29) is 0 Å². The third-order valence-electron chi connectivity index (χ3n) is 1.96. The number of aromatic nitrogens is 3. The maximum atomic E-state index is 5.01. The topological polar surface area (TPSA) is 72.6 Å². The zero-order valence-corrected chi connectivity index (χ0v) is 9.32. The van der Waals surface area contributed by atoms with Crippen molar-refractivity contribution in [2.75, 3.05) is 7.11 Å². The van der Waals surface area contributed by atoms with Crippen LogP contribution in [0.15, 0.2) is 47.0 Å². The van der Waals surface area contributed by atoms with Gasteiger partial charge >= 0.3 is 0 Å². The Hall–Kier alpha value is -2.37. The van der Waals surface area contributed by atoms with E-state index in [4.69, 9.17) is 4.74 Å². The molecule has 0 aliphatic carbocycles. The lowest BCUT2D eigenvalue weighted by molar-refractivity contribution is 0.397. The van der Waals surface area contributed by atoms with Crippen LogP contribution in [0, 0.1) is 0 Å². The first-order valence-electron chi connectivity index (χ1n) is 5.02. The number of methoxy groups -OCH3 is 1. The molecule has 2 aromatic rings. The SMILES string of the molecule is COc1nccnc1N=NCc1ccccn1. The van der Waals surface area contributed by atoms with Crippen molar-refractivity contribution >= 4 is 5.82 Å². The van der Waals surface area contributed by atoms with E-state index in [9.17, 15) is 0 Å². The molecule has 0 aliphatic rings. The van der Waals surface area contributed by atoms with Crippen LogP contribution >= 0.6 is 0 Å². The standard InChI is InChI=1S/C11H11N5O/c1-17-11-10(13-6-7-14-11)16-15-8-9-4-2-3-5-12-9/h2-7H,8H2,1H3. The highest BCUT2D eigenvalue weighted by Crippen LogP contribution is 2.20. The third-order valence-corrected chi connectivity index (χ3v) is 1.96. The molecule has 17 heavy (non-hydrogen) atoms. The van der Waals surface area contributed by atoms with Crippen LogP contribution in [0.3, 0.4) is 0 Å². The van der Waals surface area contributed by atoms with Gasteiger partial charge in [-0.25, -0.2) is 9.97 Å². The van der Waals surface area contributed by atoms with Crippen LogP contribution in [0.5, 0.6) is 5.88 Å². The Morgan fingerprint density at radius 3 is 2.76 bits per heavy atom. The molecule has 86 valence electrons. The van der Waals surface area contributed by atoms with Gasteiger partial charge in [0.15, 0.2) is 0 Å². The number of rotatable bonds is 4. The van der Waals surface area contributed by atoms with Gasteiger partial charge in [0, 0.05) is 18.6 Å². The Morgan fingerprint density at radius 1 is 1.12 bits per heavy atom. The number of hydrogen-bond acceptors (Lipinski definition) is 6. The van der Waals surface area contributed by atoms with Gasteiger partial charge in [-0.15, -0.1) is 5.11 Å². The van der Waals surface area contributed by atoms with Gasteiger partial charge in [-0.2, -0.15) is 5.11 Å². The summed E-state index contributed by atoms with van der Waals surface area (Å²) in [7, 11) is 1.52. The minimum Gasteiger partial charge on any atom is -0.478 e. The molecule has 0 unspecified atom stereocenters. The average molecular weight is 229 g/mol. The van der Waals surface area contributed by atoms with Gasteiger partial charge in [0.25, 0.3) is 5.88 Å². The van der Waals surface area contributed by atoms with Gasteiger partial charge in [-0.3, -0.25) is 4.98 Å². The summed E-state index contributed by atoms with van der Waals surface area (Å²) >= 11 is 0. The van der Waals surface area contributed by atoms with Crippen molar-refractivity contribution in [3.63, 3.8) is 0 Å². The Balaban J connectivity index is 2.06. The molecular formula is C11H11N5O.